The minimum atomic E-state index is -0.0527. The Hall–Kier alpha value is -1.02. The second-order valence-corrected chi connectivity index (χ2v) is 6.41. The maximum atomic E-state index is 9.77. The van der Waals surface area contributed by atoms with E-state index in [9.17, 15) is 5.11 Å². The lowest BCUT2D eigenvalue weighted by Gasteiger charge is -2.21. The number of benzene rings is 1. The molecule has 2 nitrogen and oxygen atoms in total. The standard InChI is InChI=1S/C16H24O2/c1-11(2)13-8-12(6-7-14(13)18-5)16(10-17)9-15(16,3)4/h6-8,11,17H,9-10H2,1-5H3. The van der Waals surface area contributed by atoms with Crippen molar-refractivity contribution in [3.05, 3.63) is 29.3 Å². The van der Waals surface area contributed by atoms with Crippen molar-refractivity contribution in [1.82, 2.24) is 0 Å². The number of ether oxygens (including phenoxy) is 1. The van der Waals surface area contributed by atoms with Crippen molar-refractivity contribution >= 4 is 0 Å². The minimum absolute atomic E-state index is 0.0527. The van der Waals surface area contributed by atoms with Crippen LogP contribution in [-0.4, -0.2) is 18.8 Å². The van der Waals surface area contributed by atoms with E-state index in [4.69, 9.17) is 4.74 Å². The number of aliphatic hydroxyl groups excluding tert-OH is 1. The smallest absolute Gasteiger partial charge is 0.122 e. The van der Waals surface area contributed by atoms with Crippen LogP contribution in [0.15, 0.2) is 18.2 Å². The highest BCUT2D eigenvalue weighted by Gasteiger charge is 2.61. The Morgan fingerprint density at radius 1 is 1.33 bits per heavy atom. The minimum Gasteiger partial charge on any atom is -0.496 e. The summed E-state index contributed by atoms with van der Waals surface area (Å²) >= 11 is 0. The number of hydrogen-bond donors (Lipinski definition) is 1. The Morgan fingerprint density at radius 2 is 1.94 bits per heavy atom. The van der Waals surface area contributed by atoms with Crippen LogP contribution in [0.1, 0.15) is 51.2 Å². The first-order valence-corrected chi connectivity index (χ1v) is 6.67. The van der Waals surface area contributed by atoms with Crippen molar-refractivity contribution in [2.45, 2.75) is 45.4 Å². The van der Waals surface area contributed by atoms with Gasteiger partial charge in [-0.05, 0) is 34.9 Å². The highest BCUT2D eigenvalue weighted by Crippen LogP contribution is 2.64. The molecular formula is C16H24O2. The Bertz CT molecular complexity index is 448. The van der Waals surface area contributed by atoms with Crippen LogP contribution >= 0.6 is 0 Å². The Balaban J connectivity index is 2.45. The summed E-state index contributed by atoms with van der Waals surface area (Å²) < 4.78 is 5.42. The largest absolute Gasteiger partial charge is 0.496 e. The fourth-order valence-electron chi connectivity index (χ4n) is 3.05. The third-order valence-corrected chi connectivity index (χ3v) is 4.59. The fraction of sp³-hybridized carbons (Fsp3) is 0.625. The molecule has 0 spiro atoms. The van der Waals surface area contributed by atoms with Gasteiger partial charge in [0, 0.05) is 5.41 Å². The monoisotopic (exact) mass is 248 g/mol. The first kappa shape index (κ1) is 13.4. The first-order chi connectivity index (χ1) is 8.38. The number of rotatable bonds is 4. The molecule has 1 unspecified atom stereocenters. The van der Waals surface area contributed by atoms with Crippen molar-refractivity contribution in [2.75, 3.05) is 13.7 Å². The molecule has 0 radical (unpaired) electrons. The third kappa shape index (κ3) is 1.83. The van der Waals surface area contributed by atoms with E-state index in [1.54, 1.807) is 7.11 Å². The van der Waals surface area contributed by atoms with Crippen molar-refractivity contribution < 1.29 is 9.84 Å². The maximum absolute atomic E-state index is 9.77. The van der Waals surface area contributed by atoms with Gasteiger partial charge in [-0.1, -0.05) is 39.8 Å². The van der Waals surface area contributed by atoms with Gasteiger partial charge in [0.1, 0.15) is 5.75 Å². The third-order valence-electron chi connectivity index (χ3n) is 4.59. The predicted molar refractivity (Wildman–Crippen MR) is 74.2 cm³/mol. The first-order valence-electron chi connectivity index (χ1n) is 6.67. The Kier molecular flexibility index (Phi) is 3.18. The zero-order valence-electron chi connectivity index (χ0n) is 12.1. The van der Waals surface area contributed by atoms with Crippen LogP contribution in [0.4, 0.5) is 0 Å². The lowest BCUT2D eigenvalue weighted by molar-refractivity contribution is 0.231. The van der Waals surface area contributed by atoms with Gasteiger partial charge in [0.25, 0.3) is 0 Å². The highest BCUT2D eigenvalue weighted by atomic mass is 16.5. The molecule has 0 amide bonds. The van der Waals surface area contributed by atoms with Crippen LogP contribution in [0.5, 0.6) is 5.75 Å². The van der Waals surface area contributed by atoms with Gasteiger partial charge in [0.2, 0.25) is 0 Å². The SMILES string of the molecule is COc1ccc(C2(CO)CC2(C)C)cc1C(C)C. The summed E-state index contributed by atoms with van der Waals surface area (Å²) in [6.07, 6.45) is 1.06. The second-order valence-electron chi connectivity index (χ2n) is 6.41. The Labute approximate surface area is 110 Å². The summed E-state index contributed by atoms with van der Waals surface area (Å²) in [6.45, 7) is 9.02. The van der Waals surface area contributed by atoms with Crippen LogP contribution in [0.3, 0.4) is 0 Å². The van der Waals surface area contributed by atoms with E-state index >= 15 is 0 Å². The molecule has 1 aliphatic carbocycles. The molecule has 1 atom stereocenters. The molecule has 1 saturated carbocycles. The molecule has 1 aromatic carbocycles. The molecule has 100 valence electrons. The second kappa shape index (κ2) is 4.27. The molecule has 1 aromatic rings. The van der Waals surface area contributed by atoms with Gasteiger partial charge in [0.05, 0.1) is 13.7 Å². The molecule has 1 fully saturated rings. The summed E-state index contributed by atoms with van der Waals surface area (Å²) in [6, 6.07) is 6.36. The van der Waals surface area contributed by atoms with E-state index in [1.807, 2.05) is 6.07 Å². The van der Waals surface area contributed by atoms with E-state index in [0.717, 1.165) is 12.2 Å². The Morgan fingerprint density at radius 3 is 2.33 bits per heavy atom. The summed E-state index contributed by atoms with van der Waals surface area (Å²) in [5.74, 6) is 1.37. The number of hydrogen-bond acceptors (Lipinski definition) is 2. The summed E-state index contributed by atoms with van der Waals surface area (Å²) in [7, 11) is 1.71. The molecule has 0 bridgehead atoms. The van der Waals surface area contributed by atoms with Gasteiger partial charge in [-0.25, -0.2) is 0 Å². The molecule has 0 saturated heterocycles. The predicted octanol–water partition coefficient (Wildman–Crippen LogP) is 3.48. The van der Waals surface area contributed by atoms with E-state index < -0.39 is 0 Å². The summed E-state index contributed by atoms with van der Waals surface area (Å²) in [4.78, 5) is 0. The van der Waals surface area contributed by atoms with E-state index in [2.05, 4.69) is 39.8 Å². The van der Waals surface area contributed by atoms with Gasteiger partial charge in [-0.3, -0.25) is 0 Å². The van der Waals surface area contributed by atoms with Crippen molar-refractivity contribution in [3.63, 3.8) is 0 Å². The molecule has 2 heteroatoms. The van der Waals surface area contributed by atoms with Crippen molar-refractivity contribution in [1.29, 1.82) is 0 Å². The van der Waals surface area contributed by atoms with Crippen molar-refractivity contribution in [2.24, 2.45) is 5.41 Å². The van der Waals surface area contributed by atoms with Gasteiger partial charge in [0.15, 0.2) is 0 Å². The average molecular weight is 248 g/mol. The molecular weight excluding hydrogens is 224 g/mol. The van der Waals surface area contributed by atoms with E-state index in [0.29, 0.717) is 5.92 Å². The van der Waals surface area contributed by atoms with Gasteiger partial charge in [-0.2, -0.15) is 0 Å². The molecule has 1 N–H and O–H groups in total. The summed E-state index contributed by atoms with van der Waals surface area (Å²) in [5, 5.41) is 9.77. The molecule has 2 rings (SSSR count). The van der Waals surface area contributed by atoms with Crippen LogP contribution in [0, 0.1) is 5.41 Å². The molecule has 0 aromatic heterocycles. The number of methoxy groups -OCH3 is 1. The van der Waals surface area contributed by atoms with Crippen molar-refractivity contribution in [3.8, 4) is 5.75 Å². The van der Waals surface area contributed by atoms with Gasteiger partial charge in [-0.15, -0.1) is 0 Å². The summed E-state index contributed by atoms with van der Waals surface area (Å²) in [5.41, 5.74) is 2.62. The zero-order chi connectivity index (χ0) is 13.6. The van der Waals surface area contributed by atoms with Gasteiger partial charge >= 0.3 is 0 Å². The molecule has 18 heavy (non-hydrogen) atoms. The van der Waals surface area contributed by atoms with E-state index in [-0.39, 0.29) is 17.4 Å². The van der Waals surface area contributed by atoms with Crippen LogP contribution in [-0.2, 0) is 5.41 Å². The topological polar surface area (TPSA) is 29.5 Å². The average Bonchev–Trinajstić information content (AvgIpc) is 2.92. The van der Waals surface area contributed by atoms with Crippen LogP contribution in [0.25, 0.3) is 0 Å². The molecule has 1 aliphatic rings. The quantitative estimate of drug-likeness (QED) is 0.884. The molecule has 0 aliphatic heterocycles. The van der Waals surface area contributed by atoms with Crippen LogP contribution in [0.2, 0.25) is 0 Å². The van der Waals surface area contributed by atoms with Crippen LogP contribution < -0.4 is 4.74 Å². The molecule has 0 heterocycles. The maximum Gasteiger partial charge on any atom is 0.122 e. The zero-order valence-corrected chi connectivity index (χ0v) is 12.1. The van der Waals surface area contributed by atoms with Gasteiger partial charge < -0.3 is 9.84 Å². The van der Waals surface area contributed by atoms with E-state index in [1.165, 1.54) is 11.1 Å². The fourth-order valence-corrected chi connectivity index (χ4v) is 3.05. The lowest BCUT2D eigenvalue weighted by Crippen LogP contribution is -2.19. The number of aliphatic hydroxyl groups is 1. The lowest BCUT2D eigenvalue weighted by atomic mass is 9.86. The highest BCUT2D eigenvalue weighted by molar-refractivity contribution is 5.46. The normalized spacial score (nSPS) is 25.3.